The van der Waals surface area contributed by atoms with Gasteiger partial charge in [0.1, 0.15) is 11.4 Å². The molecular weight excluding hydrogens is 332 g/mol. The molecule has 0 saturated carbocycles. The Kier molecular flexibility index (Phi) is 8.75. The topological polar surface area (TPSA) is 84.0 Å². The molecule has 0 fully saturated rings. The number of para-hydroxylation sites is 1. The summed E-state index contributed by atoms with van der Waals surface area (Å²) in [5, 5.41) is 9.15. The fraction of sp³-hybridized carbons (Fsp3) is 0.579. The second kappa shape index (κ2) is 10.5. The summed E-state index contributed by atoms with van der Waals surface area (Å²) in [6.45, 7) is 9.32. The predicted molar refractivity (Wildman–Crippen MR) is 105 cm³/mol. The van der Waals surface area contributed by atoms with Crippen molar-refractivity contribution in [2.24, 2.45) is 4.99 Å². The third-order valence-corrected chi connectivity index (χ3v) is 3.55. The minimum absolute atomic E-state index is 0.254. The smallest absolute Gasteiger partial charge is 0.407 e. The lowest BCUT2D eigenvalue weighted by molar-refractivity contribution is 0.0529. The zero-order valence-electron chi connectivity index (χ0n) is 16.7. The molecule has 0 bridgehead atoms. The van der Waals surface area contributed by atoms with E-state index in [1.165, 1.54) is 0 Å². The first kappa shape index (κ1) is 21.6. The Morgan fingerprint density at radius 1 is 1.15 bits per heavy atom. The van der Waals surface area contributed by atoms with E-state index in [0.29, 0.717) is 25.6 Å². The molecule has 1 aromatic carbocycles. The summed E-state index contributed by atoms with van der Waals surface area (Å²) in [6.07, 6.45) is -0.424. The van der Waals surface area contributed by atoms with Crippen LogP contribution in [-0.4, -0.2) is 51.4 Å². The Morgan fingerprint density at radius 3 is 2.42 bits per heavy atom. The molecule has 1 amide bonds. The Balaban J connectivity index is 2.36. The number of ether oxygens (including phenoxy) is 2. The molecule has 0 aromatic heterocycles. The fourth-order valence-corrected chi connectivity index (χ4v) is 2.31. The van der Waals surface area contributed by atoms with Crippen molar-refractivity contribution in [2.45, 2.75) is 39.2 Å². The normalized spacial score (nSPS) is 12.9. The van der Waals surface area contributed by atoms with Crippen molar-refractivity contribution in [3.05, 3.63) is 29.8 Å². The molecule has 0 radical (unpaired) electrons. The number of methoxy groups -OCH3 is 1. The molecule has 0 spiro atoms. The van der Waals surface area contributed by atoms with Gasteiger partial charge in [0.2, 0.25) is 0 Å². The lowest BCUT2D eigenvalue weighted by Crippen LogP contribution is -2.43. The van der Waals surface area contributed by atoms with E-state index in [1.54, 1.807) is 14.2 Å². The van der Waals surface area contributed by atoms with Gasteiger partial charge in [0.05, 0.1) is 7.11 Å². The minimum atomic E-state index is -0.496. The van der Waals surface area contributed by atoms with Crippen molar-refractivity contribution in [2.75, 3.05) is 33.8 Å². The highest BCUT2D eigenvalue weighted by Crippen LogP contribution is 2.25. The number of rotatable bonds is 7. The van der Waals surface area contributed by atoms with E-state index in [-0.39, 0.29) is 5.92 Å². The van der Waals surface area contributed by atoms with Crippen molar-refractivity contribution in [3.8, 4) is 5.75 Å². The molecule has 7 heteroatoms. The number of alkyl carbamates (subject to hydrolysis) is 1. The van der Waals surface area contributed by atoms with Gasteiger partial charge in [0, 0.05) is 32.6 Å². The SMILES string of the molecule is CN=C(NCCNC(=O)OC(C)(C)C)NCC(C)c1ccccc1OC. The van der Waals surface area contributed by atoms with E-state index in [9.17, 15) is 4.79 Å². The van der Waals surface area contributed by atoms with Gasteiger partial charge >= 0.3 is 6.09 Å². The molecular formula is C19H32N4O3. The molecule has 0 heterocycles. The summed E-state index contributed by atoms with van der Waals surface area (Å²) in [7, 11) is 3.39. The number of hydrogen-bond acceptors (Lipinski definition) is 4. The average Bonchev–Trinajstić information content (AvgIpc) is 2.59. The van der Waals surface area contributed by atoms with Crippen LogP contribution in [0.25, 0.3) is 0 Å². The van der Waals surface area contributed by atoms with Gasteiger partial charge in [-0.1, -0.05) is 25.1 Å². The van der Waals surface area contributed by atoms with Crippen LogP contribution in [0.5, 0.6) is 5.75 Å². The number of guanidine groups is 1. The van der Waals surface area contributed by atoms with Crippen LogP contribution >= 0.6 is 0 Å². The van der Waals surface area contributed by atoms with Gasteiger partial charge in [0.25, 0.3) is 0 Å². The monoisotopic (exact) mass is 364 g/mol. The molecule has 3 N–H and O–H groups in total. The Labute approximate surface area is 156 Å². The summed E-state index contributed by atoms with van der Waals surface area (Å²) in [5.74, 6) is 1.81. The van der Waals surface area contributed by atoms with Crippen molar-refractivity contribution in [3.63, 3.8) is 0 Å². The molecule has 1 atom stereocenters. The van der Waals surface area contributed by atoms with Crippen LogP contribution in [0, 0.1) is 0 Å². The molecule has 0 aliphatic heterocycles. The van der Waals surface area contributed by atoms with E-state index in [0.717, 1.165) is 11.3 Å². The Bertz CT molecular complexity index is 597. The summed E-state index contributed by atoms with van der Waals surface area (Å²) >= 11 is 0. The summed E-state index contributed by atoms with van der Waals surface area (Å²) in [5.41, 5.74) is 0.647. The largest absolute Gasteiger partial charge is 0.496 e. The van der Waals surface area contributed by atoms with Gasteiger partial charge in [-0.3, -0.25) is 4.99 Å². The standard InChI is InChI=1S/C19H32N4O3/c1-14(15-9-7-8-10-16(15)25-6)13-23-17(20-5)21-11-12-22-18(24)26-19(2,3)4/h7-10,14H,11-13H2,1-6H3,(H,22,24)(H2,20,21,23). The summed E-state index contributed by atoms with van der Waals surface area (Å²) in [6, 6.07) is 7.98. The van der Waals surface area contributed by atoms with Crippen LogP contribution in [0.1, 0.15) is 39.2 Å². The first-order valence-corrected chi connectivity index (χ1v) is 8.81. The number of benzene rings is 1. The molecule has 0 aliphatic rings. The van der Waals surface area contributed by atoms with E-state index in [1.807, 2.05) is 39.0 Å². The highest BCUT2D eigenvalue weighted by atomic mass is 16.6. The predicted octanol–water partition coefficient (Wildman–Crippen LogP) is 2.49. The van der Waals surface area contributed by atoms with Crippen LogP contribution in [0.4, 0.5) is 4.79 Å². The lowest BCUT2D eigenvalue weighted by atomic mass is 10.0. The molecule has 1 aromatic rings. The molecule has 146 valence electrons. The van der Waals surface area contributed by atoms with Crippen molar-refractivity contribution < 1.29 is 14.3 Å². The Hall–Kier alpha value is -2.44. The number of aliphatic imine (C=N–C) groups is 1. The van der Waals surface area contributed by atoms with Crippen LogP contribution in [0.3, 0.4) is 0 Å². The molecule has 1 rings (SSSR count). The van der Waals surface area contributed by atoms with E-state index in [4.69, 9.17) is 9.47 Å². The van der Waals surface area contributed by atoms with E-state index in [2.05, 4.69) is 33.9 Å². The van der Waals surface area contributed by atoms with Gasteiger partial charge in [-0.15, -0.1) is 0 Å². The minimum Gasteiger partial charge on any atom is -0.496 e. The van der Waals surface area contributed by atoms with E-state index >= 15 is 0 Å². The van der Waals surface area contributed by atoms with Crippen molar-refractivity contribution in [1.82, 2.24) is 16.0 Å². The highest BCUT2D eigenvalue weighted by molar-refractivity contribution is 5.79. The average molecular weight is 364 g/mol. The van der Waals surface area contributed by atoms with Crippen LogP contribution in [0.2, 0.25) is 0 Å². The summed E-state index contributed by atoms with van der Waals surface area (Å²) < 4.78 is 10.6. The number of amides is 1. The molecule has 0 aliphatic carbocycles. The van der Waals surface area contributed by atoms with Crippen molar-refractivity contribution >= 4 is 12.1 Å². The second-order valence-electron chi connectivity index (χ2n) is 6.95. The number of carbonyl (C=O) groups is 1. The number of carbonyl (C=O) groups excluding carboxylic acids is 1. The second-order valence-corrected chi connectivity index (χ2v) is 6.95. The maximum Gasteiger partial charge on any atom is 0.407 e. The zero-order chi connectivity index (χ0) is 19.6. The Morgan fingerprint density at radius 2 is 1.81 bits per heavy atom. The van der Waals surface area contributed by atoms with Crippen LogP contribution in [-0.2, 0) is 4.74 Å². The van der Waals surface area contributed by atoms with Gasteiger partial charge in [-0.2, -0.15) is 0 Å². The van der Waals surface area contributed by atoms with Gasteiger partial charge in [-0.25, -0.2) is 4.79 Å². The first-order valence-electron chi connectivity index (χ1n) is 8.81. The lowest BCUT2D eigenvalue weighted by Gasteiger charge is -2.20. The molecule has 7 nitrogen and oxygen atoms in total. The quantitative estimate of drug-likeness (QED) is 0.393. The number of nitrogens with zero attached hydrogens (tertiary/aromatic N) is 1. The third-order valence-electron chi connectivity index (χ3n) is 3.55. The van der Waals surface area contributed by atoms with E-state index < -0.39 is 11.7 Å². The van der Waals surface area contributed by atoms with Gasteiger partial charge < -0.3 is 25.4 Å². The number of nitrogens with one attached hydrogen (secondary N) is 3. The van der Waals surface area contributed by atoms with Gasteiger partial charge in [0.15, 0.2) is 5.96 Å². The first-order chi connectivity index (χ1) is 12.3. The zero-order valence-corrected chi connectivity index (χ0v) is 16.7. The fourth-order valence-electron chi connectivity index (χ4n) is 2.31. The maximum absolute atomic E-state index is 11.6. The summed E-state index contributed by atoms with van der Waals surface area (Å²) in [4.78, 5) is 15.8. The number of hydrogen-bond donors (Lipinski definition) is 3. The molecule has 26 heavy (non-hydrogen) atoms. The third kappa shape index (κ3) is 8.09. The van der Waals surface area contributed by atoms with Gasteiger partial charge in [-0.05, 0) is 32.4 Å². The highest BCUT2D eigenvalue weighted by Gasteiger charge is 2.15. The van der Waals surface area contributed by atoms with Crippen LogP contribution in [0.15, 0.2) is 29.3 Å². The van der Waals surface area contributed by atoms with Crippen molar-refractivity contribution in [1.29, 1.82) is 0 Å². The maximum atomic E-state index is 11.6. The molecule has 0 saturated heterocycles. The van der Waals surface area contributed by atoms with Crippen LogP contribution < -0.4 is 20.7 Å². The molecule has 1 unspecified atom stereocenters.